The van der Waals surface area contributed by atoms with E-state index in [1.54, 1.807) is 110 Å². The lowest BCUT2D eigenvalue weighted by Crippen LogP contribution is -2.25. The quantitative estimate of drug-likeness (QED) is 0.0166. The first-order valence-corrected chi connectivity index (χ1v) is 25.3. The molecule has 22 heteroatoms. The van der Waals surface area contributed by atoms with E-state index in [0.29, 0.717) is 50.8 Å². The van der Waals surface area contributed by atoms with E-state index >= 15 is 0 Å². The lowest BCUT2D eigenvalue weighted by atomic mass is 10.0. The second-order valence-corrected chi connectivity index (χ2v) is 18.4. The molecule has 0 saturated carbocycles. The lowest BCUT2D eigenvalue weighted by molar-refractivity contribution is 0.0127. The van der Waals surface area contributed by atoms with Gasteiger partial charge in [0.2, 0.25) is 0 Å². The van der Waals surface area contributed by atoms with E-state index in [4.69, 9.17) is 37.9 Å². The average Bonchev–Trinajstić information content (AvgIpc) is 3.48. The SMILES string of the molecule is COCC(O)COc1ccc(C(=O)c2ccc(OCC(O)COC(=O)c3cc(O)cc(O)c3)cc2)cc1.Cc1cc(O)cc(C(=O)OCC(O)COc2ccc(C(=O)c3ccc(OCC(O)COC(=O)c4cc(O)cc(O)c4)cc3)cc2)c1. The number of phenolic OH excluding ortho intramolecular Hbond substituents is 5. The molecule has 0 aliphatic carbocycles. The summed E-state index contributed by atoms with van der Waals surface area (Å²) in [5, 5.41) is 87.4. The average molecular weight is 1150 g/mol. The van der Waals surface area contributed by atoms with E-state index in [-0.39, 0.29) is 103 Å². The summed E-state index contributed by atoms with van der Waals surface area (Å²) in [6.07, 6.45) is -4.15. The molecule has 0 aromatic heterocycles. The van der Waals surface area contributed by atoms with Gasteiger partial charge >= 0.3 is 17.9 Å². The number of aryl methyl sites for hydroxylation is 1. The Kier molecular flexibility index (Phi) is 23.2. The third-order valence-electron chi connectivity index (χ3n) is 11.4. The van der Waals surface area contributed by atoms with Crippen molar-refractivity contribution in [1.29, 1.82) is 0 Å². The Labute approximate surface area is 475 Å². The number of carbonyl (C=O) groups is 5. The summed E-state index contributed by atoms with van der Waals surface area (Å²) in [7, 11) is 1.49. The van der Waals surface area contributed by atoms with E-state index in [0.717, 1.165) is 36.4 Å². The summed E-state index contributed by atoms with van der Waals surface area (Å²) >= 11 is 0. The number of ketones is 2. The monoisotopic (exact) mass is 1140 g/mol. The highest BCUT2D eigenvalue weighted by Crippen LogP contribution is 2.25. The van der Waals surface area contributed by atoms with Gasteiger partial charge in [-0.1, -0.05) is 0 Å². The minimum atomic E-state index is -1.16. The summed E-state index contributed by atoms with van der Waals surface area (Å²) in [5.41, 5.74) is 2.36. The third kappa shape index (κ3) is 20.4. The maximum atomic E-state index is 12.9. The van der Waals surface area contributed by atoms with Gasteiger partial charge in [0.25, 0.3) is 0 Å². The number of hydrogen-bond acceptors (Lipinski definition) is 22. The summed E-state index contributed by atoms with van der Waals surface area (Å²) in [6, 6.07) is 36.3. The molecule has 0 aliphatic rings. The zero-order valence-electron chi connectivity index (χ0n) is 44.7. The van der Waals surface area contributed by atoms with E-state index in [2.05, 4.69) is 0 Å². The van der Waals surface area contributed by atoms with Crippen LogP contribution in [0.5, 0.6) is 51.7 Å². The predicted molar refractivity (Wildman–Crippen MR) is 294 cm³/mol. The van der Waals surface area contributed by atoms with Crippen molar-refractivity contribution in [3.63, 3.8) is 0 Å². The topological polar surface area (TPSA) is 341 Å². The fourth-order valence-corrected chi connectivity index (χ4v) is 7.37. The van der Waals surface area contributed by atoms with Crippen LogP contribution in [0.4, 0.5) is 0 Å². The molecule has 7 aromatic carbocycles. The van der Waals surface area contributed by atoms with Crippen molar-refractivity contribution >= 4 is 29.5 Å². The Balaban J connectivity index is 0.000000273. The molecule has 83 heavy (non-hydrogen) atoms. The number of rotatable bonds is 27. The number of benzene rings is 7. The largest absolute Gasteiger partial charge is 0.508 e. The van der Waals surface area contributed by atoms with Crippen LogP contribution in [0.3, 0.4) is 0 Å². The van der Waals surface area contributed by atoms with Crippen molar-refractivity contribution in [2.45, 2.75) is 31.3 Å². The Bertz CT molecular complexity index is 3090. The standard InChI is InChI=1S/C34H32O12.C27H28O10/c1-20-10-23(12-25(35)11-20)33(41)45-18-28(38)16-43-30-6-2-21(3-7-30)32(40)22-4-8-31(9-5-22)44-17-29(39)19-46-34(42)24-13-26(36)15-27(37)14-24;1-34-13-22(30)14-35-24-6-2-17(3-7-24)26(32)18-4-8-25(9-5-18)36-15-23(31)16-37-27(33)19-10-20(28)12-21(29)11-19/h2-15,28-29,35-39H,16-19H2,1H3;2-12,22-23,28-31H,13-16H2,1H3. The van der Waals surface area contributed by atoms with Gasteiger partial charge in [0.05, 0.1) is 23.3 Å². The number of hydrogen-bond donors (Lipinski definition) is 9. The minimum Gasteiger partial charge on any atom is -0.508 e. The minimum absolute atomic E-state index is 0.0612. The summed E-state index contributed by atoms with van der Waals surface area (Å²) in [5.74, 6) is -2.43. The molecule has 22 nitrogen and oxygen atoms in total. The Hall–Kier alpha value is -9.71. The second kappa shape index (κ2) is 30.8. The maximum absolute atomic E-state index is 12.9. The van der Waals surface area contributed by atoms with Crippen LogP contribution in [0, 0.1) is 6.92 Å². The number of carbonyl (C=O) groups excluding carboxylic acids is 5. The molecule has 7 rings (SSSR count). The summed E-state index contributed by atoms with van der Waals surface area (Å²) in [6.45, 7) is 0.338. The van der Waals surface area contributed by atoms with Gasteiger partial charge < -0.3 is 83.9 Å². The predicted octanol–water partition coefficient (Wildman–Crippen LogP) is 5.85. The molecule has 0 amide bonds. The second-order valence-electron chi connectivity index (χ2n) is 18.4. The molecule has 0 aliphatic heterocycles. The van der Waals surface area contributed by atoms with Crippen LogP contribution in [0.15, 0.2) is 152 Å². The number of aromatic hydroxyl groups is 5. The number of ether oxygens (including phenoxy) is 8. The molecule has 0 bridgehead atoms. The van der Waals surface area contributed by atoms with Gasteiger partial charge in [-0.3, -0.25) is 9.59 Å². The molecule has 4 unspecified atom stereocenters. The molecular weight excluding hydrogens is 1080 g/mol. The molecule has 9 N–H and O–H groups in total. The van der Waals surface area contributed by atoms with E-state index in [1.807, 2.05) is 0 Å². The van der Waals surface area contributed by atoms with Crippen LogP contribution in [0.2, 0.25) is 0 Å². The third-order valence-corrected chi connectivity index (χ3v) is 11.4. The van der Waals surface area contributed by atoms with Crippen LogP contribution in [0.25, 0.3) is 0 Å². The highest BCUT2D eigenvalue weighted by Gasteiger charge is 2.19. The zero-order chi connectivity index (χ0) is 60.0. The van der Waals surface area contributed by atoms with Gasteiger partial charge in [-0.2, -0.15) is 0 Å². The van der Waals surface area contributed by atoms with Crippen LogP contribution >= 0.6 is 0 Å². The van der Waals surface area contributed by atoms with E-state index in [1.165, 1.54) is 19.2 Å². The molecule has 7 aromatic rings. The first-order chi connectivity index (χ1) is 39.7. The molecule has 0 heterocycles. The Morgan fingerprint density at radius 2 is 0.566 bits per heavy atom. The molecule has 4 atom stereocenters. The van der Waals surface area contributed by atoms with Gasteiger partial charge in [0.15, 0.2) is 11.6 Å². The van der Waals surface area contributed by atoms with Crippen molar-refractivity contribution < 1.29 is 108 Å². The van der Waals surface area contributed by atoms with Crippen molar-refractivity contribution in [3.05, 3.63) is 196 Å². The van der Waals surface area contributed by atoms with E-state index in [9.17, 15) is 69.9 Å². The zero-order valence-corrected chi connectivity index (χ0v) is 44.7. The number of aliphatic hydroxyl groups excluding tert-OH is 4. The van der Waals surface area contributed by atoms with Crippen molar-refractivity contribution in [2.75, 3.05) is 60.0 Å². The number of methoxy groups -OCH3 is 1. The van der Waals surface area contributed by atoms with E-state index < -0.39 is 48.9 Å². The van der Waals surface area contributed by atoms with Crippen molar-refractivity contribution in [2.24, 2.45) is 0 Å². The molecule has 0 spiro atoms. The normalized spacial score (nSPS) is 12.2. The smallest absolute Gasteiger partial charge is 0.338 e. The molecular formula is C61H60O22. The lowest BCUT2D eigenvalue weighted by Gasteiger charge is -2.14. The van der Waals surface area contributed by atoms with Crippen LogP contribution in [-0.4, -0.2) is 160 Å². The first kappa shape index (κ1) is 62.5. The fraction of sp³-hybridized carbons (Fsp3) is 0.230. The van der Waals surface area contributed by atoms with Crippen LogP contribution in [0.1, 0.15) is 68.5 Å². The molecule has 0 fully saturated rings. The van der Waals surface area contributed by atoms with Crippen molar-refractivity contribution in [3.8, 4) is 51.7 Å². The summed E-state index contributed by atoms with van der Waals surface area (Å²) < 4.78 is 41.9. The number of aliphatic hydroxyl groups is 4. The van der Waals surface area contributed by atoms with Gasteiger partial charge in [-0.05, 0) is 152 Å². The van der Waals surface area contributed by atoms with Gasteiger partial charge in [-0.15, -0.1) is 0 Å². The molecule has 436 valence electrons. The Morgan fingerprint density at radius 3 is 0.819 bits per heavy atom. The highest BCUT2D eigenvalue weighted by atomic mass is 16.6. The number of phenols is 5. The first-order valence-electron chi connectivity index (χ1n) is 25.3. The summed E-state index contributed by atoms with van der Waals surface area (Å²) in [4.78, 5) is 61.9. The van der Waals surface area contributed by atoms with Gasteiger partial charge in [-0.25, -0.2) is 14.4 Å². The highest BCUT2D eigenvalue weighted by molar-refractivity contribution is 6.09. The van der Waals surface area contributed by atoms with Crippen molar-refractivity contribution in [1.82, 2.24) is 0 Å². The number of esters is 3. The van der Waals surface area contributed by atoms with Crippen LogP contribution < -0.4 is 18.9 Å². The fourth-order valence-electron chi connectivity index (χ4n) is 7.37. The van der Waals surface area contributed by atoms with Crippen LogP contribution in [-0.2, 0) is 18.9 Å². The maximum Gasteiger partial charge on any atom is 0.338 e. The van der Waals surface area contributed by atoms with Gasteiger partial charge in [0, 0.05) is 41.5 Å². The molecule has 0 radical (unpaired) electrons. The Morgan fingerprint density at radius 1 is 0.325 bits per heavy atom. The van der Waals surface area contributed by atoms with Gasteiger partial charge in [0.1, 0.15) is 122 Å². The molecule has 0 saturated heterocycles.